The Morgan fingerprint density at radius 3 is 0.700 bits per heavy atom. The van der Waals surface area contributed by atoms with E-state index in [2.05, 4.69) is 135 Å². The predicted molar refractivity (Wildman–Crippen MR) is 176 cm³/mol. The SMILES string of the molecule is CCCc1ccc(N(CCN(c2ccc(CCC)cc2)c2ccc(CCC)cc2)c2ccc(CCC)cc2)cc1. The first-order chi connectivity index (χ1) is 19.6. The van der Waals surface area contributed by atoms with Gasteiger partial charge in [0.1, 0.15) is 0 Å². The lowest BCUT2D eigenvalue weighted by molar-refractivity contribution is 0.877. The van der Waals surface area contributed by atoms with Crippen LogP contribution < -0.4 is 9.80 Å². The summed E-state index contributed by atoms with van der Waals surface area (Å²) < 4.78 is 0. The van der Waals surface area contributed by atoms with Crippen molar-refractivity contribution in [3.8, 4) is 0 Å². The Kier molecular flexibility index (Phi) is 11.3. The van der Waals surface area contributed by atoms with Crippen molar-refractivity contribution in [2.45, 2.75) is 79.1 Å². The Morgan fingerprint density at radius 2 is 0.525 bits per heavy atom. The van der Waals surface area contributed by atoms with Crippen LogP contribution in [0.5, 0.6) is 0 Å². The zero-order chi connectivity index (χ0) is 28.2. The van der Waals surface area contributed by atoms with Crippen LogP contribution in [0.15, 0.2) is 97.1 Å². The van der Waals surface area contributed by atoms with Gasteiger partial charge >= 0.3 is 0 Å². The van der Waals surface area contributed by atoms with E-state index in [1.54, 1.807) is 0 Å². The summed E-state index contributed by atoms with van der Waals surface area (Å²) in [5, 5.41) is 0. The van der Waals surface area contributed by atoms with Crippen LogP contribution in [0.2, 0.25) is 0 Å². The van der Waals surface area contributed by atoms with Gasteiger partial charge < -0.3 is 9.80 Å². The first kappa shape index (κ1) is 29.5. The van der Waals surface area contributed by atoms with Gasteiger partial charge in [0.15, 0.2) is 0 Å². The molecule has 0 aromatic heterocycles. The number of aryl methyl sites for hydroxylation is 4. The van der Waals surface area contributed by atoms with Gasteiger partial charge in [-0.2, -0.15) is 0 Å². The van der Waals surface area contributed by atoms with Crippen LogP contribution in [0.3, 0.4) is 0 Å². The number of hydrogen-bond acceptors (Lipinski definition) is 2. The molecule has 0 atom stereocenters. The van der Waals surface area contributed by atoms with Crippen LogP contribution >= 0.6 is 0 Å². The molecule has 4 aromatic carbocycles. The summed E-state index contributed by atoms with van der Waals surface area (Å²) in [4.78, 5) is 4.96. The van der Waals surface area contributed by atoms with E-state index in [0.29, 0.717) is 0 Å². The summed E-state index contributed by atoms with van der Waals surface area (Å²) in [7, 11) is 0. The number of hydrogen-bond donors (Lipinski definition) is 0. The van der Waals surface area contributed by atoms with E-state index in [1.807, 2.05) is 0 Å². The molecule has 0 saturated carbocycles. The summed E-state index contributed by atoms with van der Waals surface area (Å²) in [6.45, 7) is 10.8. The van der Waals surface area contributed by atoms with Crippen LogP contribution in [0, 0.1) is 0 Å². The highest BCUT2D eigenvalue weighted by Crippen LogP contribution is 2.30. The van der Waals surface area contributed by atoms with E-state index in [0.717, 1.165) is 38.8 Å². The maximum atomic E-state index is 2.48. The number of rotatable bonds is 15. The molecule has 0 aliphatic carbocycles. The number of nitrogens with zero attached hydrogens (tertiary/aromatic N) is 2. The Labute approximate surface area is 243 Å². The van der Waals surface area contributed by atoms with Gasteiger partial charge in [-0.05, 0) is 96.5 Å². The van der Waals surface area contributed by atoms with E-state index in [4.69, 9.17) is 0 Å². The Hall–Kier alpha value is -3.52. The molecule has 0 heterocycles. The fraction of sp³-hybridized carbons (Fsp3) is 0.368. The molecule has 0 aliphatic rings. The van der Waals surface area contributed by atoms with E-state index >= 15 is 0 Å². The summed E-state index contributed by atoms with van der Waals surface area (Å²) >= 11 is 0. The third-order valence-corrected chi connectivity index (χ3v) is 7.69. The third kappa shape index (κ3) is 8.01. The van der Waals surface area contributed by atoms with Gasteiger partial charge in [-0.25, -0.2) is 0 Å². The summed E-state index contributed by atoms with van der Waals surface area (Å²) in [5.74, 6) is 0. The van der Waals surface area contributed by atoms with Crippen LogP contribution in [0.1, 0.15) is 75.6 Å². The Morgan fingerprint density at radius 1 is 0.325 bits per heavy atom. The van der Waals surface area contributed by atoms with Gasteiger partial charge in [0.05, 0.1) is 0 Å². The van der Waals surface area contributed by atoms with Gasteiger partial charge in [-0.3, -0.25) is 0 Å². The smallest absolute Gasteiger partial charge is 0.0411 e. The highest BCUT2D eigenvalue weighted by Gasteiger charge is 2.15. The molecule has 2 nitrogen and oxygen atoms in total. The monoisotopic (exact) mass is 532 g/mol. The molecule has 40 heavy (non-hydrogen) atoms. The van der Waals surface area contributed by atoms with E-state index < -0.39 is 0 Å². The van der Waals surface area contributed by atoms with Gasteiger partial charge in [0.2, 0.25) is 0 Å². The van der Waals surface area contributed by atoms with Gasteiger partial charge in [0, 0.05) is 35.8 Å². The lowest BCUT2D eigenvalue weighted by Gasteiger charge is -2.31. The molecular formula is C38H48N2. The molecule has 2 heteroatoms. The molecule has 0 aliphatic heterocycles. The second-order valence-electron chi connectivity index (χ2n) is 11.0. The minimum absolute atomic E-state index is 0.883. The first-order valence-electron chi connectivity index (χ1n) is 15.6. The number of benzene rings is 4. The molecule has 4 rings (SSSR count). The third-order valence-electron chi connectivity index (χ3n) is 7.69. The summed E-state index contributed by atoms with van der Waals surface area (Å²) in [5.41, 5.74) is 10.6. The molecule has 0 saturated heterocycles. The van der Waals surface area contributed by atoms with E-state index in [9.17, 15) is 0 Å². The molecular weight excluding hydrogens is 484 g/mol. The molecule has 0 spiro atoms. The maximum Gasteiger partial charge on any atom is 0.0411 e. The van der Waals surface area contributed by atoms with Crippen molar-refractivity contribution in [1.29, 1.82) is 0 Å². The van der Waals surface area contributed by atoms with Gasteiger partial charge in [0.25, 0.3) is 0 Å². The maximum absolute atomic E-state index is 2.48. The van der Waals surface area contributed by atoms with Crippen LogP contribution in [0.25, 0.3) is 0 Å². The molecule has 0 unspecified atom stereocenters. The van der Waals surface area contributed by atoms with Crippen LogP contribution in [0.4, 0.5) is 22.7 Å². The number of anilines is 4. The molecule has 4 aromatic rings. The van der Waals surface area contributed by atoms with Crippen molar-refractivity contribution in [1.82, 2.24) is 0 Å². The van der Waals surface area contributed by atoms with Crippen molar-refractivity contribution < 1.29 is 0 Å². The lowest BCUT2D eigenvalue weighted by Crippen LogP contribution is -2.30. The lowest BCUT2D eigenvalue weighted by atomic mass is 10.1. The fourth-order valence-corrected chi connectivity index (χ4v) is 5.54. The topological polar surface area (TPSA) is 6.48 Å². The fourth-order valence-electron chi connectivity index (χ4n) is 5.54. The van der Waals surface area contributed by atoms with Crippen molar-refractivity contribution in [3.63, 3.8) is 0 Å². The van der Waals surface area contributed by atoms with Gasteiger partial charge in [-0.15, -0.1) is 0 Å². The van der Waals surface area contributed by atoms with Crippen molar-refractivity contribution >= 4 is 22.7 Å². The van der Waals surface area contributed by atoms with Crippen molar-refractivity contribution in [3.05, 3.63) is 119 Å². The molecule has 0 amide bonds. The van der Waals surface area contributed by atoms with E-state index in [1.165, 1.54) is 70.7 Å². The average molecular weight is 533 g/mol. The minimum atomic E-state index is 0.883. The average Bonchev–Trinajstić information content (AvgIpc) is 2.99. The molecule has 210 valence electrons. The second kappa shape index (κ2) is 15.3. The summed E-state index contributed by atoms with van der Waals surface area (Å²) in [6.07, 6.45) is 9.19. The molecule has 0 N–H and O–H groups in total. The Balaban J connectivity index is 1.65. The Bertz CT molecular complexity index is 1050. The van der Waals surface area contributed by atoms with Crippen molar-refractivity contribution in [2.24, 2.45) is 0 Å². The molecule has 0 radical (unpaired) electrons. The zero-order valence-corrected chi connectivity index (χ0v) is 25.2. The molecule has 0 bridgehead atoms. The zero-order valence-electron chi connectivity index (χ0n) is 25.2. The first-order valence-corrected chi connectivity index (χ1v) is 15.6. The van der Waals surface area contributed by atoms with Crippen molar-refractivity contribution in [2.75, 3.05) is 22.9 Å². The standard InChI is InChI=1S/C38H48N2/c1-5-9-31-13-21-35(22-14-31)39(36-23-15-32(10-6-2)16-24-36)29-30-40(37-25-17-33(11-7-3)18-26-37)38-27-19-34(12-8-4)20-28-38/h13-28H,5-12,29-30H2,1-4H3. The van der Waals surface area contributed by atoms with Crippen LogP contribution in [-0.4, -0.2) is 13.1 Å². The minimum Gasteiger partial charge on any atom is -0.340 e. The summed E-state index contributed by atoms with van der Waals surface area (Å²) in [6, 6.07) is 36.8. The van der Waals surface area contributed by atoms with Crippen LogP contribution in [-0.2, 0) is 25.7 Å². The highest BCUT2D eigenvalue weighted by molar-refractivity contribution is 5.67. The normalized spacial score (nSPS) is 11.0. The quantitative estimate of drug-likeness (QED) is 0.150. The largest absolute Gasteiger partial charge is 0.340 e. The molecule has 0 fully saturated rings. The predicted octanol–water partition coefficient (Wildman–Crippen LogP) is 10.5. The second-order valence-corrected chi connectivity index (χ2v) is 11.0. The van der Waals surface area contributed by atoms with Gasteiger partial charge in [-0.1, -0.05) is 102 Å². The van der Waals surface area contributed by atoms with E-state index in [-0.39, 0.29) is 0 Å². The highest BCUT2D eigenvalue weighted by atomic mass is 15.2.